The van der Waals surface area contributed by atoms with Gasteiger partial charge in [0.2, 0.25) is 0 Å². The second-order valence-electron chi connectivity index (χ2n) is 4.41. The summed E-state index contributed by atoms with van der Waals surface area (Å²) >= 11 is 0. The molecule has 2 aromatic rings. The Morgan fingerprint density at radius 2 is 1.60 bits per heavy atom. The average molecular weight is 281 g/mol. The van der Waals surface area contributed by atoms with E-state index >= 15 is 0 Å². The summed E-state index contributed by atoms with van der Waals surface area (Å²) in [7, 11) is 0. The van der Waals surface area contributed by atoms with Crippen LogP contribution in [0, 0.1) is 0 Å². The molecule has 0 aromatic heterocycles. The van der Waals surface area contributed by atoms with Crippen molar-refractivity contribution in [3.05, 3.63) is 59.7 Å². The van der Waals surface area contributed by atoms with E-state index in [1.54, 1.807) is 24.3 Å². The topological polar surface area (TPSA) is 46.2 Å². The fourth-order valence-electron chi connectivity index (χ4n) is 2.02. The van der Waals surface area contributed by atoms with Crippen LogP contribution in [0.5, 0.6) is 0 Å². The van der Waals surface area contributed by atoms with Gasteiger partial charge in [0.15, 0.2) is 0 Å². The van der Waals surface area contributed by atoms with Crippen LogP contribution < -0.4 is 5.73 Å². The molecule has 3 N–H and O–H groups in total. The van der Waals surface area contributed by atoms with Gasteiger partial charge in [-0.25, -0.2) is 0 Å². The molecule has 2 nitrogen and oxygen atoms in total. The van der Waals surface area contributed by atoms with E-state index in [0.29, 0.717) is 16.7 Å². The van der Waals surface area contributed by atoms with Gasteiger partial charge in [0, 0.05) is 6.54 Å². The Balaban J connectivity index is 2.42. The molecule has 2 rings (SSSR count). The number of aliphatic hydroxyl groups excluding tert-OH is 1. The lowest BCUT2D eigenvalue weighted by molar-refractivity contribution is -0.137. The monoisotopic (exact) mass is 281 g/mol. The first-order valence-electron chi connectivity index (χ1n) is 6.08. The van der Waals surface area contributed by atoms with Gasteiger partial charge >= 0.3 is 6.18 Å². The lowest BCUT2D eigenvalue weighted by Gasteiger charge is -2.14. The highest BCUT2D eigenvalue weighted by Crippen LogP contribution is 2.32. The summed E-state index contributed by atoms with van der Waals surface area (Å²) in [6.07, 6.45) is -5.19. The molecule has 2 aromatic carbocycles. The summed E-state index contributed by atoms with van der Waals surface area (Å²) in [5, 5.41) is 9.85. The molecule has 0 heterocycles. The normalized spacial score (nSPS) is 13.2. The lowest BCUT2D eigenvalue weighted by atomic mass is 9.95. The van der Waals surface area contributed by atoms with Crippen molar-refractivity contribution in [2.45, 2.75) is 12.3 Å². The standard InChI is InChI=1S/C15H14F3NO/c16-15(17,18)11-7-5-10(6-8-11)12-3-1-2-4-13(12)14(20)9-19/h1-8,14,20H,9,19H2/t14-/m0/s1. The van der Waals surface area contributed by atoms with Crippen LogP contribution >= 0.6 is 0 Å². The van der Waals surface area contributed by atoms with Crippen LogP contribution in [0.15, 0.2) is 48.5 Å². The van der Waals surface area contributed by atoms with Crippen LogP contribution in [0.1, 0.15) is 17.2 Å². The minimum absolute atomic E-state index is 0.0532. The molecule has 0 radical (unpaired) electrons. The average Bonchev–Trinajstić information content (AvgIpc) is 2.45. The predicted molar refractivity (Wildman–Crippen MR) is 70.9 cm³/mol. The first kappa shape index (κ1) is 14.6. The summed E-state index contributed by atoms with van der Waals surface area (Å²) < 4.78 is 37.6. The van der Waals surface area contributed by atoms with Gasteiger partial charge < -0.3 is 10.8 Å². The number of halogens is 3. The van der Waals surface area contributed by atoms with Crippen LogP contribution in [-0.2, 0) is 6.18 Å². The summed E-state index contributed by atoms with van der Waals surface area (Å²) in [5.41, 5.74) is 6.64. The maximum atomic E-state index is 12.5. The van der Waals surface area contributed by atoms with Crippen LogP contribution in [0.3, 0.4) is 0 Å². The van der Waals surface area contributed by atoms with E-state index in [9.17, 15) is 18.3 Å². The van der Waals surface area contributed by atoms with Crippen LogP contribution in [0.2, 0.25) is 0 Å². The van der Waals surface area contributed by atoms with Crippen molar-refractivity contribution in [2.24, 2.45) is 5.73 Å². The van der Waals surface area contributed by atoms with E-state index in [1.165, 1.54) is 12.1 Å². The van der Waals surface area contributed by atoms with Crippen molar-refractivity contribution >= 4 is 0 Å². The molecule has 0 saturated heterocycles. The number of aliphatic hydroxyl groups is 1. The maximum absolute atomic E-state index is 12.5. The molecule has 0 saturated carbocycles. The van der Waals surface area contributed by atoms with Gasteiger partial charge in [0.1, 0.15) is 0 Å². The SMILES string of the molecule is NC[C@H](O)c1ccccc1-c1ccc(C(F)(F)F)cc1. The van der Waals surface area contributed by atoms with E-state index in [0.717, 1.165) is 12.1 Å². The molecule has 0 amide bonds. The number of benzene rings is 2. The summed E-state index contributed by atoms with van der Waals surface area (Å²) in [6, 6.07) is 11.8. The van der Waals surface area contributed by atoms with Crippen molar-refractivity contribution in [2.75, 3.05) is 6.54 Å². The zero-order chi connectivity index (χ0) is 14.8. The van der Waals surface area contributed by atoms with E-state index in [2.05, 4.69) is 0 Å². The lowest BCUT2D eigenvalue weighted by Crippen LogP contribution is -2.12. The minimum Gasteiger partial charge on any atom is -0.387 e. The van der Waals surface area contributed by atoms with Crippen molar-refractivity contribution in [3.8, 4) is 11.1 Å². The van der Waals surface area contributed by atoms with E-state index < -0.39 is 17.8 Å². The number of alkyl halides is 3. The molecule has 5 heteroatoms. The quantitative estimate of drug-likeness (QED) is 0.906. The molecule has 0 aliphatic carbocycles. The Bertz CT molecular complexity index is 578. The molecular weight excluding hydrogens is 267 g/mol. The van der Waals surface area contributed by atoms with E-state index in [1.807, 2.05) is 0 Å². The highest BCUT2D eigenvalue weighted by Gasteiger charge is 2.30. The zero-order valence-corrected chi connectivity index (χ0v) is 10.6. The van der Waals surface area contributed by atoms with Gasteiger partial charge in [-0.15, -0.1) is 0 Å². The second-order valence-corrected chi connectivity index (χ2v) is 4.41. The molecule has 0 bridgehead atoms. The van der Waals surface area contributed by atoms with Crippen LogP contribution in [-0.4, -0.2) is 11.7 Å². The van der Waals surface area contributed by atoms with Crippen molar-refractivity contribution in [3.63, 3.8) is 0 Å². The Morgan fingerprint density at radius 1 is 1.00 bits per heavy atom. The smallest absolute Gasteiger partial charge is 0.387 e. The number of hydrogen-bond acceptors (Lipinski definition) is 2. The summed E-state index contributed by atoms with van der Waals surface area (Å²) in [5.74, 6) is 0. The fourth-order valence-corrected chi connectivity index (χ4v) is 2.02. The second kappa shape index (κ2) is 5.64. The predicted octanol–water partition coefficient (Wildman–Crippen LogP) is 3.36. The first-order valence-corrected chi connectivity index (χ1v) is 6.08. The molecule has 106 valence electrons. The van der Waals surface area contributed by atoms with Crippen molar-refractivity contribution in [1.82, 2.24) is 0 Å². The summed E-state index contributed by atoms with van der Waals surface area (Å²) in [6.45, 7) is 0.0532. The minimum atomic E-state index is -4.35. The molecule has 0 aliphatic rings. The Labute approximate surface area is 114 Å². The van der Waals surface area contributed by atoms with Crippen molar-refractivity contribution in [1.29, 1.82) is 0 Å². The summed E-state index contributed by atoms with van der Waals surface area (Å²) in [4.78, 5) is 0. The van der Waals surface area contributed by atoms with Gasteiger partial charge in [0.25, 0.3) is 0 Å². The third-order valence-electron chi connectivity index (χ3n) is 3.07. The Morgan fingerprint density at radius 3 is 2.15 bits per heavy atom. The number of nitrogens with two attached hydrogens (primary N) is 1. The first-order chi connectivity index (χ1) is 9.43. The third kappa shape index (κ3) is 3.00. The highest BCUT2D eigenvalue weighted by molar-refractivity contribution is 5.68. The number of hydrogen-bond donors (Lipinski definition) is 2. The van der Waals surface area contributed by atoms with Gasteiger partial charge in [-0.2, -0.15) is 13.2 Å². The van der Waals surface area contributed by atoms with Gasteiger partial charge in [-0.3, -0.25) is 0 Å². The fraction of sp³-hybridized carbons (Fsp3) is 0.200. The highest BCUT2D eigenvalue weighted by atomic mass is 19.4. The Kier molecular flexibility index (Phi) is 4.11. The van der Waals surface area contributed by atoms with E-state index in [-0.39, 0.29) is 6.54 Å². The largest absolute Gasteiger partial charge is 0.416 e. The molecule has 1 atom stereocenters. The third-order valence-corrected chi connectivity index (χ3v) is 3.07. The van der Waals surface area contributed by atoms with E-state index in [4.69, 9.17) is 5.73 Å². The van der Waals surface area contributed by atoms with Crippen LogP contribution in [0.25, 0.3) is 11.1 Å². The molecule has 20 heavy (non-hydrogen) atoms. The van der Waals surface area contributed by atoms with Crippen molar-refractivity contribution < 1.29 is 18.3 Å². The van der Waals surface area contributed by atoms with Gasteiger partial charge in [-0.1, -0.05) is 36.4 Å². The van der Waals surface area contributed by atoms with Gasteiger partial charge in [-0.05, 0) is 28.8 Å². The molecule has 0 spiro atoms. The zero-order valence-electron chi connectivity index (χ0n) is 10.6. The van der Waals surface area contributed by atoms with Crippen LogP contribution in [0.4, 0.5) is 13.2 Å². The van der Waals surface area contributed by atoms with Gasteiger partial charge in [0.05, 0.1) is 11.7 Å². The Hall–Kier alpha value is -1.85. The number of rotatable bonds is 3. The molecule has 0 fully saturated rings. The molecular formula is C15H14F3NO. The maximum Gasteiger partial charge on any atom is 0.416 e. The molecule has 0 aliphatic heterocycles. The molecule has 0 unspecified atom stereocenters.